The summed E-state index contributed by atoms with van der Waals surface area (Å²) in [6.07, 6.45) is 2.18. The van der Waals surface area contributed by atoms with Crippen molar-refractivity contribution in [3.05, 3.63) is 64.8 Å². The van der Waals surface area contributed by atoms with Crippen molar-refractivity contribution in [3.8, 4) is 28.0 Å². The Bertz CT molecular complexity index is 717. The smallest absolute Gasteiger partial charge is 0.195 e. The van der Waals surface area contributed by atoms with Crippen LogP contribution in [0.1, 0.15) is 19.8 Å². The second-order valence-electron chi connectivity index (χ2n) is 5.17. The first-order chi connectivity index (χ1) is 10.3. The molecular weight excluding hydrogens is 260 g/mol. The molecule has 21 heavy (non-hydrogen) atoms. The van der Waals surface area contributed by atoms with E-state index in [2.05, 4.69) is 6.92 Å². The average molecular weight is 278 g/mol. The third-order valence-electron chi connectivity index (χ3n) is 3.61. The minimum atomic E-state index is 0.154. The van der Waals surface area contributed by atoms with Gasteiger partial charge in [-0.05, 0) is 29.7 Å². The van der Waals surface area contributed by atoms with Crippen LogP contribution in [0.4, 0.5) is 0 Å². The van der Waals surface area contributed by atoms with Crippen molar-refractivity contribution >= 4 is 0 Å². The van der Waals surface area contributed by atoms with Crippen molar-refractivity contribution in [2.24, 2.45) is 0 Å². The van der Waals surface area contributed by atoms with E-state index in [1.165, 1.54) is 0 Å². The molecule has 2 nitrogen and oxygen atoms in total. The maximum atomic E-state index is 12.0. The molecule has 0 aliphatic heterocycles. The number of benzene rings is 2. The van der Waals surface area contributed by atoms with Gasteiger partial charge in [0.2, 0.25) is 0 Å². The van der Waals surface area contributed by atoms with Crippen molar-refractivity contribution in [2.45, 2.75) is 19.8 Å². The highest BCUT2D eigenvalue weighted by molar-refractivity contribution is 5.94. The van der Waals surface area contributed by atoms with Crippen molar-refractivity contribution < 1.29 is 4.74 Å². The topological polar surface area (TPSA) is 26.3 Å². The predicted octanol–water partition coefficient (Wildman–Crippen LogP) is 4.44. The fourth-order valence-electron chi connectivity index (χ4n) is 2.38. The maximum absolute atomic E-state index is 12.0. The summed E-state index contributed by atoms with van der Waals surface area (Å²) in [4.78, 5) is 12.0. The Balaban J connectivity index is 1.76. The monoisotopic (exact) mass is 278 g/mol. The molecule has 0 spiro atoms. The molecule has 0 N–H and O–H groups in total. The second-order valence-corrected chi connectivity index (χ2v) is 5.17. The Hall–Kier alpha value is -2.35. The lowest BCUT2D eigenvalue weighted by atomic mass is 10.1. The molecule has 3 rings (SSSR count). The van der Waals surface area contributed by atoms with Crippen molar-refractivity contribution in [1.82, 2.24) is 0 Å². The lowest BCUT2D eigenvalue weighted by Gasteiger charge is -2.05. The molecule has 3 aromatic carbocycles. The van der Waals surface area contributed by atoms with Crippen LogP contribution in [0.2, 0.25) is 0 Å². The van der Waals surface area contributed by atoms with E-state index in [0.717, 1.165) is 47.5 Å². The molecule has 0 radical (unpaired) electrons. The van der Waals surface area contributed by atoms with Crippen LogP contribution < -0.4 is 10.2 Å². The third-order valence-corrected chi connectivity index (χ3v) is 3.61. The molecule has 106 valence electrons. The highest BCUT2D eigenvalue weighted by Crippen LogP contribution is 2.34. The van der Waals surface area contributed by atoms with Crippen molar-refractivity contribution in [1.29, 1.82) is 0 Å². The summed E-state index contributed by atoms with van der Waals surface area (Å²) in [5.74, 6) is 0.863. The molecule has 0 unspecified atom stereocenters. The van der Waals surface area contributed by atoms with Crippen LogP contribution in [0, 0.1) is 0 Å². The van der Waals surface area contributed by atoms with Gasteiger partial charge < -0.3 is 4.74 Å². The average Bonchev–Trinajstić information content (AvgIpc) is 3.20. The number of rotatable bonds is 6. The molecule has 0 fully saturated rings. The number of hydrogen-bond donors (Lipinski definition) is 0. The zero-order chi connectivity index (χ0) is 14.7. The Morgan fingerprint density at radius 2 is 1.48 bits per heavy atom. The number of hydrogen-bond acceptors (Lipinski definition) is 2. The van der Waals surface area contributed by atoms with Gasteiger partial charge in [0.15, 0.2) is 5.43 Å². The van der Waals surface area contributed by atoms with E-state index in [4.69, 9.17) is 4.74 Å². The summed E-state index contributed by atoms with van der Waals surface area (Å²) in [5.41, 5.74) is 3.81. The molecule has 3 aromatic rings. The first-order valence-electron chi connectivity index (χ1n) is 7.39. The normalized spacial score (nSPS) is 10.9. The highest BCUT2D eigenvalue weighted by atomic mass is 16.5. The van der Waals surface area contributed by atoms with Gasteiger partial charge in [-0.2, -0.15) is 0 Å². The van der Waals surface area contributed by atoms with E-state index in [1.54, 1.807) is 0 Å². The van der Waals surface area contributed by atoms with Crippen LogP contribution in [-0.2, 0) is 0 Å². The molecule has 0 aromatic heterocycles. The summed E-state index contributed by atoms with van der Waals surface area (Å²) in [6, 6.07) is 17.6. The van der Waals surface area contributed by atoms with Gasteiger partial charge in [0.25, 0.3) is 0 Å². The summed E-state index contributed by atoms with van der Waals surface area (Å²) in [7, 11) is 0. The second kappa shape index (κ2) is 5.96. The molecule has 2 heteroatoms. The zero-order valence-electron chi connectivity index (χ0n) is 12.1. The van der Waals surface area contributed by atoms with Crippen molar-refractivity contribution in [3.63, 3.8) is 0 Å². The molecule has 0 amide bonds. The summed E-state index contributed by atoms with van der Waals surface area (Å²) < 4.78 is 5.64. The van der Waals surface area contributed by atoms with Gasteiger partial charge in [-0.1, -0.05) is 55.8 Å². The standard InChI is InChI=1S/C19H18O2/c1-2-3-13-21-16-11-9-15(10-12-16)18-17(19(18)20)14-7-5-4-6-8-14/h4-12H,2-3,13H2,1H3. The number of ether oxygens (including phenoxy) is 1. The Kier molecular flexibility index (Phi) is 3.87. The van der Waals surface area contributed by atoms with Crippen LogP contribution in [0.15, 0.2) is 59.4 Å². The van der Waals surface area contributed by atoms with E-state index in [0.29, 0.717) is 0 Å². The minimum absolute atomic E-state index is 0.154. The summed E-state index contributed by atoms with van der Waals surface area (Å²) >= 11 is 0. The highest BCUT2D eigenvalue weighted by Gasteiger charge is 2.24. The predicted molar refractivity (Wildman–Crippen MR) is 86.4 cm³/mol. The fraction of sp³-hybridized carbons (Fsp3) is 0.211. The fourth-order valence-corrected chi connectivity index (χ4v) is 2.38. The van der Waals surface area contributed by atoms with E-state index in [1.807, 2.05) is 54.6 Å². The molecular formula is C19H18O2. The lowest BCUT2D eigenvalue weighted by Crippen LogP contribution is -1.95. The van der Waals surface area contributed by atoms with Crippen LogP contribution in [-0.4, -0.2) is 6.61 Å². The Labute approximate surface area is 124 Å². The molecule has 0 saturated carbocycles. The third kappa shape index (κ3) is 2.89. The molecule has 0 aliphatic rings. The first-order valence-corrected chi connectivity index (χ1v) is 7.39. The van der Waals surface area contributed by atoms with E-state index in [-0.39, 0.29) is 5.43 Å². The SMILES string of the molecule is CCCCOc1ccc(-c2c(-c3ccccc3)c2=O)cc1. The quantitative estimate of drug-likeness (QED) is 0.623. The van der Waals surface area contributed by atoms with Gasteiger partial charge >= 0.3 is 0 Å². The van der Waals surface area contributed by atoms with Gasteiger partial charge in [0, 0.05) is 11.1 Å². The minimum Gasteiger partial charge on any atom is -0.494 e. The van der Waals surface area contributed by atoms with Crippen LogP contribution in [0.25, 0.3) is 22.3 Å². The van der Waals surface area contributed by atoms with Crippen LogP contribution in [0.3, 0.4) is 0 Å². The van der Waals surface area contributed by atoms with Gasteiger partial charge in [-0.25, -0.2) is 0 Å². The van der Waals surface area contributed by atoms with Gasteiger partial charge in [-0.15, -0.1) is 0 Å². The molecule has 0 aliphatic carbocycles. The molecule has 0 atom stereocenters. The maximum Gasteiger partial charge on any atom is 0.195 e. The van der Waals surface area contributed by atoms with Gasteiger partial charge in [0.05, 0.1) is 6.61 Å². The van der Waals surface area contributed by atoms with Gasteiger partial charge in [0.1, 0.15) is 5.75 Å². The Morgan fingerprint density at radius 3 is 2.10 bits per heavy atom. The zero-order valence-corrected chi connectivity index (χ0v) is 12.1. The Morgan fingerprint density at radius 1 is 0.857 bits per heavy atom. The summed E-state index contributed by atoms with van der Waals surface area (Å²) in [5, 5.41) is 0. The van der Waals surface area contributed by atoms with E-state index < -0.39 is 0 Å². The van der Waals surface area contributed by atoms with E-state index >= 15 is 0 Å². The molecule has 0 saturated heterocycles. The lowest BCUT2D eigenvalue weighted by molar-refractivity contribution is 0.309. The van der Waals surface area contributed by atoms with Crippen LogP contribution >= 0.6 is 0 Å². The largest absolute Gasteiger partial charge is 0.494 e. The van der Waals surface area contributed by atoms with Crippen molar-refractivity contribution in [2.75, 3.05) is 6.61 Å². The summed E-state index contributed by atoms with van der Waals surface area (Å²) in [6.45, 7) is 2.88. The first kappa shape index (κ1) is 13.6. The number of unbranched alkanes of at least 4 members (excludes halogenated alkanes) is 1. The van der Waals surface area contributed by atoms with E-state index in [9.17, 15) is 4.79 Å². The van der Waals surface area contributed by atoms with Crippen LogP contribution in [0.5, 0.6) is 5.75 Å². The molecule has 0 bridgehead atoms. The van der Waals surface area contributed by atoms with Gasteiger partial charge in [-0.3, -0.25) is 4.79 Å². The molecule has 0 heterocycles.